The molecule has 27 heavy (non-hydrogen) atoms. The molecule has 0 unspecified atom stereocenters. The Labute approximate surface area is 159 Å². The second-order valence-corrected chi connectivity index (χ2v) is 6.29. The van der Waals surface area contributed by atoms with E-state index < -0.39 is 0 Å². The minimum absolute atomic E-state index is 0.239. The number of hydrogen-bond acceptors (Lipinski definition) is 4. The van der Waals surface area contributed by atoms with Crippen LogP contribution in [0.1, 0.15) is 35.7 Å². The molecule has 3 aromatic rings. The number of amides is 1. The molecule has 1 amide bonds. The van der Waals surface area contributed by atoms with E-state index in [1.165, 1.54) is 0 Å². The van der Waals surface area contributed by atoms with Gasteiger partial charge in [-0.05, 0) is 37.1 Å². The molecule has 1 aromatic heterocycles. The van der Waals surface area contributed by atoms with E-state index in [-0.39, 0.29) is 5.91 Å². The molecule has 0 saturated heterocycles. The minimum atomic E-state index is -0.239. The van der Waals surface area contributed by atoms with E-state index in [0.717, 1.165) is 35.4 Å². The van der Waals surface area contributed by atoms with Gasteiger partial charge in [0.2, 0.25) is 0 Å². The van der Waals surface area contributed by atoms with Crippen molar-refractivity contribution in [3.63, 3.8) is 0 Å². The first-order valence-corrected chi connectivity index (χ1v) is 9.09. The van der Waals surface area contributed by atoms with E-state index in [1.807, 2.05) is 55.5 Å². The van der Waals surface area contributed by atoms with E-state index >= 15 is 0 Å². The van der Waals surface area contributed by atoms with E-state index in [9.17, 15) is 4.79 Å². The maximum Gasteiger partial charge on any atom is 0.258 e. The lowest BCUT2D eigenvalue weighted by atomic mass is 10.1. The Hall–Kier alpha value is -3.21. The molecule has 0 spiro atoms. The van der Waals surface area contributed by atoms with Crippen LogP contribution < -0.4 is 10.1 Å². The minimum Gasteiger partial charge on any atom is -0.494 e. The summed E-state index contributed by atoms with van der Waals surface area (Å²) in [5, 5.41) is 2.91. The summed E-state index contributed by atoms with van der Waals surface area (Å²) in [5.41, 5.74) is 3.02. The molecule has 3 rings (SSSR count). The molecule has 2 aromatic carbocycles. The van der Waals surface area contributed by atoms with Crippen LogP contribution in [0.2, 0.25) is 0 Å². The normalized spacial score (nSPS) is 10.4. The van der Waals surface area contributed by atoms with Crippen LogP contribution in [-0.2, 0) is 0 Å². The summed E-state index contributed by atoms with van der Waals surface area (Å²) in [6.45, 7) is 4.77. The topological polar surface area (TPSA) is 64.1 Å². The van der Waals surface area contributed by atoms with Gasteiger partial charge in [-0.25, -0.2) is 9.97 Å². The first-order chi connectivity index (χ1) is 13.2. The second kappa shape index (κ2) is 8.94. The molecule has 0 aliphatic heterocycles. The van der Waals surface area contributed by atoms with Crippen molar-refractivity contribution in [1.29, 1.82) is 0 Å². The van der Waals surface area contributed by atoms with Crippen LogP contribution in [0.25, 0.3) is 11.4 Å². The largest absolute Gasteiger partial charge is 0.494 e. The number of rotatable bonds is 7. The Morgan fingerprint density at radius 1 is 1.07 bits per heavy atom. The van der Waals surface area contributed by atoms with Crippen molar-refractivity contribution in [2.24, 2.45) is 0 Å². The number of benzene rings is 2. The highest BCUT2D eigenvalue weighted by atomic mass is 16.5. The fourth-order valence-electron chi connectivity index (χ4n) is 2.58. The van der Waals surface area contributed by atoms with Crippen LogP contribution in [0.5, 0.6) is 5.75 Å². The highest BCUT2D eigenvalue weighted by Gasteiger charge is 2.10. The predicted molar refractivity (Wildman–Crippen MR) is 107 cm³/mol. The van der Waals surface area contributed by atoms with Gasteiger partial charge in [0.25, 0.3) is 5.91 Å². The molecular weight excluding hydrogens is 338 g/mol. The van der Waals surface area contributed by atoms with E-state index in [2.05, 4.69) is 22.2 Å². The number of carbonyl (C=O) groups is 1. The van der Waals surface area contributed by atoms with Gasteiger partial charge in [0.15, 0.2) is 5.82 Å². The molecule has 138 valence electrons. The highest BCUT2D eigenvalue weighted by Crippen LogP contribution is 2.22. The lowest BCUT2D eigenvalue weighted by Crippen LogP contribution is -2.13. The van der Waals surface area contributed by atoms with Gasteiger partial charge >= 0.3 is 0 Å². The van der Waals surface area contributed by atoms with E-state index in [0.29, 0.717) is 18.0 Å². The van der Waals surface area contributed by atoms with Gasteiger partial charge in [-0.2, -0.15) is 0 Å². The standard InChI is InChI=1S/C22H23N3O2/c1-3-4-12-27-19-10-11-20(16(2)13-19)25-22(26)18-14-23-21(24-15-18)17-8-6-5-7-9-17/h5-11,13-15H,3-4,12H2,1-2H3,(H,25,26). The molecule has 0 aliphatic rings. The molecule has 5 heteroatoms. The van der Waals surface area contributed by atoms with Gasteiger partial charge in [0.1, 0.15) is 5.75 Å². The summed E-state index contributed by atoms with van der Waals surface area (Å²) < 4.78 is 5.69. The first-order valence-electron chi connectivity index (χ1n) is 9.09. The van der Waals surface area contributed by atoms with Crippen LogP contribution in [0.15, 0.2) is 60.9 Å². The molecule has 0 bridgehead atoms. The van der Waals surface area contributed by atoms with Crippen molar-refractivity contribution in [2.45, 2.75) is 26.7 Å². The summed E-state index contributed by atoms with van der Waals surface area (Å²) in [7, 11) is 0. The van der Waals surface area contributed by atoms with Crippen molar-refractivity contribution < 1.29 is 9.53 Å². The zero-order chi connectivity index (χ0) is 19.1. The quantitative estimate of drug-likeness (QED) is 0.609. The molecule has 1 heterocycles. The Bertz CT molecular complexity index is 893. The maximum atomic E-state index is 12.5. The van der Waals surface area contributed by atoms with Crippen molar-refractivity contribution in [3.8, 4) is 17.1 Å². The zero-order valence-corrected chi connectivity index (χ0v) is 15.6. The third kappa shape index (κ3) is 4.91. The number of hydrogen-bond donors (Lipinski definition) is 1. The molecular formula is C22H23N3O2. The lowest BCUT2D eigenvalue weighted by molar-refractivity contribution is 0.102. The fraction of sp³-hybridized carbons (Fsp3) is 0.227. The van der Waals surface area contributed by atoms with Crippen LogP contribution in [-0.4, -0.2) is 22.5 Å². The number of ether oxygens (including phenoxy) is 1. The lowest BCUT2D eigenvalue weighted by Gasteiger charge is -2.11. The summed E-state index contributed by atoms with van der Waals surface area (Å²) in [6, 6.07) is 15.3. The van der Waals surface area contributed by atoms with Gasteiger partial charge in [0, 0.05) is 23.6 Å². The third-order valence-electron chi connectivity index (χ3n) is 4.16. The van der Waals surface area contributed by atoms with Crippen molar-refractivity contribution in [3.05, 3.63) is 72.1 Å². The van der Waals surface area contributed by atoms with Gasteiger partial charge in [-0.1, -0.05) is 43.7 Å². The van der Waals surface area contributed by atoms with E-state index in [4.69, 9.17) is 4.74 Å². The van der Waals surface area contributed by atoms with Gasteiger partial charge in [-0.3, -0.25) is 4.79 Å². The summed E-state index contributed by atoms with van der Waals surface area (Å²) in [6.07, 6.45) is 5.21. The molecule has 5 nitrogen and oxygen atoms in total. The number of aryl methyl sites for hydroxylation is 1. The molecule has 0 radical (unpaired) electrons. The summed E-state index contributed by atoms with van der Waals surface area (Å²) in [4.78, 5) is 21.1. The van der Waals surface area contributed by atoms with Crippen molar-refractivity contribution in [2.75, 3.05) is 11.9 Å². The monoisotopic (exact) mass is 361 g/mol. The third-order valence-corrected chi connectivity index (χ3v) is 4.16. The molecule has 0 fully saturated rings. The molecule has 0 atom stereocenters. The highest BCUT2D eigenvalue weighted by molar-refractivity contribution is 6.04. The van der Waals surface area contributed by atoms with Crippen molar-refractivity contribution >= 4 is 11.6 Å². The Balaban J connectivity index is 1.66. The number of unbranched alkanes of at least 4 members (excludes halogenated alkanes) is 1. The number of nitrogens with zero attached hydrogens (tertiary/aromatic N) is 2. The molecule has 0 aliphatic carbocycles. The van der Waals surface area contributed by atoms with Crippen LogP contribution in [0.4, 0.5) is 5.69 Å². The van der Waals surface area contributed by atoms with Crippen LogP contribution in [0, 0.1) is 6.92 Å². The SMILES string of the molecule is CCCCOc1ccc(NC(=O)c2cnc(-c3ccccc3)nc2)c(C)c1. The fourth-order valence-corrected chi connectivity index (χ4v) is 2.58. The van der Waals surface area contributed by atoms with Gasteiger partial charge < -0.3 is 10.1 Å². The second-order valence-electron chi connectivity index (χ2n) is 6.29. The number of anilines is 1. The Kier molecular flexibility index (Phi) is 6.15. The van der Waals surface area contributed by atoms with E-state index in [1.54, 1.807) is 12.4 Å². The van der Waals surface area contributed by atoms with Crippen LogP contribution >= 0.6 is 0 Å². The predicted octanol–water partition coefficient (Wildman–Crippen LogP) is 4.88. The van der Waals surface area contributed by atoms with Crippen molar-refractivity contribution in [1.82, 2.24) is 9.97 Å². The number of nitrogens with one attached hydrogen (secondary N) is 1. The average Bonchev–Trinajstić information content (AvgIpc) is 2.71. The number of carbonyl (C=O) groups excluding carboxylic acids is 1. The number of aromatic nitrogens is 2. The smallest absolute Gasteiger partial charge is 0.258 e. The van der Waals surface area contributed by atoms with Gasteiger partial charge in [-0.15, -0.1) is 0 Å². The molecule has 1 N–H and O–H groups in total. The Morgan fingerprint density at radius 2 is 1.81 bits per heavy atom. The summed E-state index contributed by atoms with van der Waals surface area (Å²) >= 11 is 0. The Morgan fingerprint density at radius 3 is 2.48 bits per heavy atom. The average molecular weight is 361 g/mol. The maximum absolute atomic E-state index is 12.5. The summed E-state index contributed by atoms with van der Waals surface area (Å²) in [5.74, 6) is 1.17. The van der Waals surface area contributed by atoms with Gasteiger partial charge in [0.05, 0.1) is 12.2 Å². The van der Waals surface area contributed by atoms with Crippen LogP contribution in [0.3, 0.4) is 0 Å². The zero-order valence-electron chi connectivity index (χ0n) is 15.6. The molecule has 0 saturated carbocycles. The first kappa shape index (κ1) is 18.6.